The van der Waals surface area contributed by atoms with Crippen LogP contribution in [0.2, 0.25) is 5.02 Å². The zero-order valence-electron chi connectivity index (χ0n) is 9.96. The second kappa shape index (κ2) is 5.71. The van der Waals surface area contributed by atoms with Crippen molar-refractivity contribution in [1.82, 2.24) is 4.72 Å². The van der Waals surface area contributed by atoms with E-state index < -0.39 is 10.0 Å². The average molecular weight is 277 g/mol. The maximum atomic E-state index is 12.0. The molecule has 0 radical (unpaired) electrons. The van der Waals surface area contributed by atoms with E-state index in [4.69, 9.17) is 17.3 Å². The van der Waals surface area contributed by atoms with Crippen molar-refractivity contribution >= 4 is 27.3 Å². The van der Waals surface area contributed by atoms with Gasteiger partial charge in [-0.3, -0.25) is 0 Å². The van der Waals surface area contributed by atoms with Gasteiger partial charge in [-0.25, -0.2) is 13.1 Å². The van der Waals surface area contributed by atoms with Crippen LogP contribution in [0.5, 0.6) is 0 Å². The van der Waals surface area contributed by atoms with Crippen molar-refractivity contribution in [2.24, 2.45) is 0 Å². The number of benzene rings is 1. The lowest BCUT2D eigenvalue weighted by Crippen LogP contribution is -2.25. The summed E-state index contributed by atoms with van der Waals surface area (Å²) in [4.78, 5) is 0.190. The zero-order valence-corrected chi connectivity index (χ0v) is 11.5. The number of anilines is 1. The Hall–Kier alpha value is -0.780. The van der Waals surface area contributed by atoms with Gasteiger partial charge in [0.05, 0.1) is 15.6 Å². The van der Waals surface area contributed by atoms with E-state index in [0.29, 0.717) is 17.1 Å². The first-order chi connectivity index (χ1) is 7.88. The van der Waals surface area contributed by atoms with Crippen LogP contribution in [0.1, 0.15) is 25.3 Å². The Morgan fingerprint density at radius 1 is 1.41 bits per heavy atom. The minimum atomic E-state index is -3.49. The number of nitrogens with two attached hydrogens (primary N) is 1. The highest BCUT2D eigenvalue weighted by Gasteiger charge is 2.17. The first kappa shape index (κ1) is 14.3. The lowest BCUT2D eigenvalue weighted by molar-refractivity contribution is 0.578. The van der Waals surface area contributed by atoms with Gasteiger partial charge in [-0.1, -0.05) is 24.9 Å². The fourth-order valence-electron chi connectivity index (χ4n) is 1.42. The molecule has 1 aromatic rings. The molecule has 6 heteroatoms. The summed E-state index contributed by atoms with van der Waals surface area (Å²) in [7, 11) is -3.49. The van der Waals surface area contributed by atoms with Crippen molar-refractivity contribution < 1.29 is 8.42 Å². The number of nitrogen functional groups attached to an aromatic ring is 1. The molecule has 0 amide bonds. The number of sulfonamides is 1. The van der Waals surface area contributed by atoms with Crippen molar-refractivity contribution in [2.75, 3.05) is 12.3 Å². The molecule has 0 aliphatic carbocycles. The maximum absolute atomic E-state index is 12.0. The normalized spacial score (nSPS) is 11.7. The third kappa shape index (κ3) is 3.59. The predicted octanol–water partition coefficient (Wildman–Crippen LogP) is 2.31. The summed E-state index contributed by atoms with van der Waals surface area (Å²) < 4.78 is 26.5. The summed E-state index contributed by atoms with van der Waals surface area (Å²) in [6.45, 7) is 4.13. The minimum Gasteiger partial charge on any atom is -0.397 e. The van der Waals surface area contributed by atoms with Crippen LogP contribution >= 0.6 is 11.6 Å². The molecule has 0 spiro atoms. The van der Waals surface area contributed by atoms with Gasteiger partial charge in [0.25, 0.3) is 0 Å². The molecule has 17 heavy (non-hydrogen) atoms. The molecule has 1 aromatic carbocycles. The number of hydrogen-bond donors (Lipinski definition) is 2. The molecule has 0 saturated carbocycles. The average Bonchev–Trinajstić information content (AvgIpc) is 2.23. The van der Waals surface area contributed by atoms with Crippen LogP contribution in [0.4, 0.5) is 5.69 Å². The van der Waals surface area contributed by atoms with Crippen molar-refractivity contribution in [3.05, 3.63) is 22.7 Å². The van der Waals surface area contributed by atoms with Gasteiger partial charge in [0.2, 0.25) is 10.0 Å². The predicted molar refractivity (Wildman–Crippen MR) is 70.7 cm³/mol. The van der Waals surface area contributed by atoms with Crippen LogP contribution in [0.3, 0.4) is 0 Å². The van der Waals surface area contributed by atoms with Crippen LogP contribution in [0.25, 0.3) is 0 Å². The van der Waals surface area contributed by atoms with Gasteiger partial charge in [-0.15, -0.1) is 0 Å². The summed E-state index contributed by atoms with van der Waals surface area (Å²) in [5.74, 6) is 0. The van der Waals surface area contributed by atoms with E-state index in [1.807, 2.05) is 6.92 Å². The highest BCUT2D eigenvalue weighted by atomic mass is 35.5. The SMILES string of the molecule is CCCCNS(=O)(=O)c1cc(N)c(Cl)cc1C. The molecule has 96 valence electrons. The summed E-state index contributed by atoms with van der Waals surface area (Å²) in [6, 6.07) is 2.96. The third-order valence-electron chi connectivity index (χ3n) is 2.41. The van der Waals surface area contributed by atoms with Crippen molar-refractivity contribution in [1.29, 1.82) is 0 Å². The van der Waals surface area contributed by atoms with Gasteiger partial charge in [0.15, 0.2) is 0 Å². The van der Waals surface area contributed by atoms with Crippen LogP contribution in [0.15, 0.2) is 17.0 Å². The third-order valence-corrected chi connectivity index (χ3v) is 4.34. The van der Waals surface area contributed by atoms with Gasteiger partial charge in [0.1, 0.15) is 0 Å². The fraction of sp³-hybridized carbons (Fsp3) is 0.455. The molecule has 3 N–H and O–H groups in total. The molecule has 4 nitrogen and oxygen atoms in total. The van der Waals surface area contributed by atoms with Crippen LogP contribution in [-0.4, -0.2) is 15.0 Å². The van der Waals surface area contributed by atoms with E-state index in [2.05, 4.69) is 4.72 Å². The lowest BCUT2D eigenvalue weighted by atomic mass is 10.2. The number of unbranched alkanes of at least 4 members (excludes halogenated alkanes) is 1. The minimum absolute atomic E-state index is 0.190. The molecule has 1 rings (SSSR count). The first-order valence-corrected chi connectivity index (χ1v) is 7.30. The molecular formula is C11H17ClN2O2S. The van der Waals surface area contributed by atoms with Crippen LogP contribution in [-0.2, 0) is 10.0 Å². The van der Waals surface area contributed by atoms with Crippen LogP contribution < -0.4 is 10.5 Å². The Kier molecular flexibility index (Phi) is 4.80. The number of halogens is 1. The summed E-state index contributed by atoms with van der Waals surface area (Å²) in [5.41, 5.74) is 6.48. The highest BCUT2D eigenvalue weighted by Crippen LogP contribution is 2.25. The molecule has 0 heterocycles. The van der Waals surface area contributed by atoms with E-state index in [1.165, 1.54) is 6.07 Å². The van der Waals surface area contributed by atoms with Gasteiger partial charge >= 0.3 is 0 Å². The van der Waals surface area contributed by atoms with Gasteiger partial charge < -0.3 is 5.73 Å². The molecule has 0 atom stereocenters. The Labute approximate surface area is 107 Å². The number of rotatable bonds is 5. The Morgan fingerprint density at radius 3 is 2.65 bits per heavy atom. The number of nitrogens with one attached hydrogen (secondary N) is 1. The van der Waals surface area contributed by atoms with Gasteiger partial charge in [-0.05, 0) is 31.0 Å². The molecule has 0 saturated heterocycles. The van der Waals surface area contributed by atoms with E-state index >= 15 is 0 Å². The lowest BCUT2D eigenvalue weighted by Gasteiger charge is -2.10. The van der Waals surface area contributed by atoms with Crippen LogP contribution in [0, 0.1) is 6.92 Å². The van der Waals surface area contributed by atoms with Gasteiger partial charge in [-0.2, -0.15) is 0 Å². The molecule has 0 unspecified atom stereocenters. The molecule has 0 bridgehead atoms. The first-order valence-electron chi connectivity index (χ1n) is 5.43. The van der Waals surface area contributed by atoms with E-state index in [1.54, 1.807) is 13.0 Å². The summed E-state index contributed by atoms with van der Waals surface area (Å²) in [5, 5.41) is 0.370. The largest absolute Gasteiger partial charge is 0.397 e. The Balaban J connectivity index is 3.03. The maximum Gasteiger partial charge on any atom is 0.240 e. The molecule has 0 fully saturated rings. The second-order valence-electron chi connectivity index (χ2n) is 3.89. The fourth-order valence-corrected chi connectivity index (χ4v) is 2.97. The molecule has 0 aliphatic heterocycles. The van der Waals surface area contributed by atoms with E-state index in [9.17, 15) is 8.42 Å². The quantitative estimate of drug-likeness (QED) is 0.640. The summed E-state index contributed by atoms with van der Waals surface area (Å²) in [6.07, 6.45) is 1.74. The molecular weight excluding hydrogens is 260 g/mol. The monoisotopic (exact) mass is 276 g/mol. The number of hydrogen-bond acceptors (Lipinski definition) is 3. The van der Waals surface area contributed by atoms with Crippen molar-refractivity contribution in [3.63, 3.8) is 0 Å². The Morgan fingerprint density at radius 2 is 2.06 bits per heavy atom. The Bertz CT molecular complexity index is 500. The van der Waals surface area contributed by atoms with Crippen molar-refractivity contribution in [2.45, 2.75) is 31.6 Å². The van der Waals surface area contributed by atoms with Gasteiger partial charge in [0, 0.05) is 6.54 Å². The second-order valence-corrected chi connectivity index (χ2v) is 6.03. The summed E-state index contributed by atoms with van der Waals surface area (Å²) >= 11 is 5.82. The number of aryl methyl sites for hydroxylation is 1. The molecule has 0 aliphatic rings. The highest BCUT2D eigenvalue weighted by molar-refractivity contribution is 7.89. The molecule has 0 aromatic heterocycles. The van der Waals surface area contributed by atoms with Crippen molar-refractivity contribution in [3.8, 4) is 0 Å². The smallest absolute Gasteiger partial charge is 0.240 e. The van der Waals surface area contributed by atoms with E-state index in [-0.39, 0.29) is 10.6 Å². The topological polar surface area (TPSA) is 72.2 Å². The van der Waals surface area contributed by atoms with E-state index in [0.717, 1.165) is 12.8 Å². The zero-order chi connectivity index (χ0) is 13.1. The standard InChI is InChI=1S/C11H17ClN2O2S/c1-3-4-5-14-17(15,16)11-7-10(13)9(12)6-8(11)2/h6-7,14H,3-5,13H2,1-2H3.